The Morgan fingerprint density at radius 1 is 1.43 bits per heavy atom. The van der Waals surface area contributed by atoms with Gasteiger partial charge in [-0.2, -0.15) is 0 Å². The second-order valence-corrected chi connectivity index (χ2v) is 8.27. The largest absolute Gasteiger partial charge is 0.320 e. The van der Waals surface area contributed by atoms with Crippen LogP contribution in [0.15, 0.2) is 17.5 Å². The van der Waals surface area contributed by atoms with Crippen molar-refractivity contribution in [2.24, 2.45) is 11.3 Å². The summed E-state index contributed by atoms with van der Waals surface area (Å²) in [5.41, 5.74) is 0.304. The Hall–Kier alpha value is -0.870. The van der Waals surface area contributed by atoms with Gasteiger partial charge in [-0.3, -0.25) is 10.1 Å². The van der Waals surface area contributed by atoms with Gasteiger partial charge in [-0.15, -0.1) is 11.3 Å². The number of carbonyl (C=O) groups excluding carboxylic acids is 1. The summed E-state index contributed by atoms with van der Waals surface area (Å²) in [5, 5.41) is 5.67. The number of nitrogens with one attached hydrogen (secondary N) is 1. The molecule has 3 nitrogen and oxygen atoms in total. The van der Waals surface area contributed by atoms with E-state index in [9.17, 15) is 4.79 Å². The molecule has 0 bridgehead atoms. The lowest BCUT2D eigenvalue weighted by atomic mass is 9.88. The summed E-state index contributed by atoms with van der Waals surface area (Å²) in [6, 6.07) is 4.18. The van der Waals surface area contributed by atoms with Crippen LogP contribution in [0, 0.1) is 11.3 Å². The van der Waals surface area contributed by atoms with Crippen molar-refractivity contribution in [3.05, 3.63) is 22.4 Å². The monoisotopic (exact) mass is 306 g/mol. The molecule has 2 heterocycles. The number of amides is 1. The van der Waals surface area contributed by atoms with E-state index in [0.29, 0.717) is 11.3 Å². The van der Waals surface area contributed by atoms with Crippen LogP contribution in [-0.2, 0) is 4.79 Å². The first-order chi connectivity index (χ1) is 10.0. The minimum absolute atomic E-state index is 0.0397. The van der Waals surface area contributed by atoms with Crippen molar-refractivity contribution in [1.29, 1.82) is 0 Å². The van der Waals surface area contributed by atoms with Crippen molar-refractivity contribution in [1.82, 2.24) is 10.2 Å². The third kappa shape index (κ3) is 2.88. The van der Waals surface area contributed by atoms with E-state index in [1.807, 2.05) is 0 Å². The average molecular weight is 306 g/mol. The third-order valence-corrected chi connectivity index (χ3v) is 5.97. The number of hydrogen-bond donors (Lipinski definition) is 1. The first-order valence-electron chi connectivity index (χ1n) is 8.10. The van der Waals surface area contributed by atoms with Gasteiger partial charge in [0.15, 0.2) is 0 Å². The van der Waals surface area contributed by atoms with Gasteiger partial charge in [0.25, 0.3) is 0 Å². The highest BCUT2D eigenvalue weighted by Gasteiger charge is 2.44. The van der Waals surface area contributed by atoms with E-state index in [4.69, 9.17) is 0 Å². The summed E-state index contributed by atoms with van der Waals surface area (Å²) in [6.45, 7) is 7.50. The van der Waals surface area contributed by atoms with Gasteiger partial charge in [-0.05, 0) is 35.6 Å². The first kappa shape index (κ1) is 15.0. The maximum absolute atomic E-state index is 12.9. The Kier molecular flexibility index (Phi) is 4.10. The number of carbonyl (C=O) groups is 1. The second kappa shape index (κ2) is 5.73. The van der Waals surface area contributed by atoms with E-state index < -0.39 is 0 Å². The molecule has 4 heteroatoms. The minimum Gasteiger partial charge on any atom is -0.320 e. The molecule has 2 atom stereocenters. The predicted molar refractivity (Wildman–Crippen MR) is 87.1 cm³/mol. The van der Waals surface area contributed by atoms with Gasteiger partial charge in [0, 0.05) is 11.4 Å². The number of thiophene rings is 1. The molecular formula is C17H26N2OS. The van der Waals surface area contributed by atoms with Crippen LogP contribution in [0.2, 0.25) is 0 Å². The molecule has 1 aliphatic carbocycles. The molecule has 1 amide bonds. The normalized spacial score (nSPS) is 28.8. The highest BCUT2D eigenvalue weighted by molar-refractivity contribution is 7.10. The van der Waals surface area contributed by atoms with Gasteiger partial charge in [-0.1, -0.05) is 39.7 Å². The van der Waals surface area contributed by atoms with Crippen molar-refractivity contribution in [2.45, 2.75) is 58.7 Å². The van der Waals surface area contributed by atoms with Gasteiger partial charge in [0.05, 0.1) is 6.04 Å². The number of nitrogens with zero attached hydrogens (tertiary/aromatic N) is 1. The van der Waals surface area contributed by atoms with Crippen LogP contribution in [-0.4, -0.2) is 23.4 Å². The van der Waals surface area contributed by atoms with Crippen LogP contribution in [0.25, 0.3) is 0 Å². The molecule has 116 valence electrons. The van der Waals surface area contributed by atoms with Crippen molar-refractivity contribution in [3.63, 3.8) is 0 Å². The Balaban J connectivity index is 1.84. The summed E-state index contributed by atoms with van der Waals surface area (Å²) >= 11 is 1.74. The van der Waals surface area contributed by atoms with Gasteiger partial charge >= 0.3 is 0 Å². The Morgan fingerprint density at radius 3 is 2.71 bits per heavy atom. The van der Waals surface area contributed by atoms with Gasteiger partial charge in [0.2, 0.25) is 5.91 Å². The lowest BCUT2D eigenvalue weighted by Gasteiger charge is -2.33. The Labute approximate surface area is 131 Å². The van der Waals surface area contributed by atoms with Crippen molar-refractivity contribution < 1.29 is 4.79 Å². The molecule has 2 aliphatic rings. The highest BCUT2D eigenvalue weighted by Crippen LogP contribution is 2.41. The molecule has 21 heavy (non-hydrogen) atoms. The number of hydrogen-bond acceptors (Lipinski definition) is 3. The van der Waals surface area contributed by atoms with Gasteiger partial charge in [0.1, 0.15) is 6.17 Å². The van der Waals surface area contributed by atoms with Crippen LogP contribution in [0.3, 0.4) is 0 Å². The quantitative estimate of drug-likeness (QED) is 0.918. The molecule has 1 saturated carbocycles. The van der Waals surface area contributed by atoms with Crippen LogP contribution >= 0.6 is 11.3 Å². The zero-order chi connectivity index (χ0) is 15.0. The lowest BCUT2D eigenvalue weighted by Crippen LogP contribution is -2.39. The van der Waals surface area contributed by atoms with E-state index in [0.717, 1.165) is 6.54 Å². The minimum atomic E-state index is -0.0397. The fourth-order valence-corrected chi connectivity index (χ4v) is 4.56. The zero-order valence-corrected chi connectivity index (χ0v) is 14.1. The number of rotatable bonds is 4. The summed E-state index contributed by atoms with van der Waals surface area (Å²) in [7, 11) is 0. The average Bonchev–Trinajstić information content (AvgIpc) is 3.13. The van der Waals surface area contributed by atoms with E-state index in [-0.39, 0.29) is 18.1 Å². The molecule has 3 rings (SSSR count). The SMILES string of the molecule is CC(C)C1NC(c2cccs2)N(CC2(C)CCCC2)C1=O. The van der Waals surface area contributed by atoms with Gasteiger partial charge < -0.3 is 4.90 Å². The van der Waals surface area contributed by atoms with E-state index in [1.165, 1.54) is 30.6 Å². The fraction of sp³-hybridized carbons (Fsp3) is 0.706. The standard InChI is InChI=1S/C17H26N2OS/c1-12(2)14-16(20)19(11-17(3)8-4-5-9-17)15(18-14)13-7-6-10-21-13/h6-7,10,12,14-15,18H,4-5,8-9,11H2,1-3H3. The maximum Gasteiger partial charge on any atom is 0.241 e. The molecule has 1 aliphatic heterocycles. The summed E-state index contributed by atoms with van der Waals surface area (Å²) in [6.07, 6.45) is 5.19. The summed E-state index contributed by atoms with van der Waals surface area (Å²) in [5.74, 6) is 0.623. The van der Waals surface area contributed by atoms with Crippen LogP contribution < -0.4 is 5.32 Å². The smallest absolute Gasteiger partial charge is 0.241 e. The molecular weight excluding hydrogens is 280 g/mol. The Bertz CT molecular complexity index is 491. The zero-order valence-electron chi connectivity index (χ0n) is 13.3. The second-order valence-electron chi connectivity index (χ2n) is 7.29. The van der Waals surface area contributed by atoms with Crippen molar-refractivity contribution >= 4 is 17.2 Å². The predicted octanol–water partition coefficient (Wildman–Crippen LogP) is 3.78. The topological polar surface area (TPSA) is 32.3 Å². The molecule has 1 saturated heterocycles. The van der Waals surface area contributed by atoms with Crippen LogP contribution in [0.1, 0.15) is 57.5 Å². The first-order valence-corrected chi connectivity index (χ1v) is 8.98. The summed E-state index contributed by atoms with van der Waals surface area (Å²) < 4.78 is 0. The van der Waals surface area contributed by atoms with E-state index in [1.54, 1.807) is 11.3 Å². The highest BCUT2D eigenvalue weighted by atomic mass is 32.1. The maximum atomic E-state index is 12.9. The molecule has 1 N–H and O–H groups in total. The third-order valence-electron chi connectivity index (χ3n) is 5.04. The molecule has 0 radical (unpaired) electrons. The Morgan fingerprint density at radius 2 is 2.14 bits per heavy atom. The molecule has 2 unspecified atom stereocenters. The van der Waals surface area contributed by atoms with Crippen LogP contribution in [0.4, 0.5) is 0 Å². The van der Waals surface area contributed by atoms with Crippen molar-refractivity contribution in [3.8, 4) is 0 Å². The summed E-state index contributed by atoms with van der Waals surface area (Å²) in [4.78, 5) is 16.2. The molecule has 0 spiro atoms. The van der Waals surface area contributed by atoms with Gasteiger partial charge in [-0.25, -0.2) is 0 Å². The molecule has 1 aromatic rings. The molecule has 0 aromatic carbocycles. The fourth-order valence-electron chi connectivity index (χ4n) is 3.76. The van der Waals surface area contributed by atoms with Crippen molar-refractivity contribution in [2.75, 3.05) is 6.54 Å². The molecule has 2 fully saturated rings. The van der Waals surface area contributed by atoms with Crippen LogP contribution in [0.5, 0.6) is 0 Å². The van der Waals surface area contributed by atoms with E-state index in [2.05, 4.69) is 48.5 Å². The molecule has 1 aromatic heterocycles. The van der Waals surface area contributed by atoms with E-state index >= 15 is 0 Å². The lowest BCUT2D eigenvalue weighted by molar-refractivity contribution is -0.132.